The SMILES string of the molecule is CCOCCC(=O)NC(=N[C@H]1CCCCN(CC(=O)N2CCCC2)C1=O)Nc1ccc2oc(C)cc2c1. The summed E-state index contributed by atoms with van der Waals surface area (Å²) in [5.74, 6) is 0.544. The molecule has 0 saturated carbocycles. The highest BCUT2D eigenvalue weighted by Crippen LogP contribution is 2.23. The lowest BCUT2D eigenvalue weighted by Gasteiger charge is -2.25. The minimum atomic E-state index is -0.691. The van der Waals surface area contributed by atoms with E-state index in [4.69, 9.17) is 9.15 Å². The van der Waals surface area contributed by atoms with Crippen LogP contribution in [0.4, 0.5) is 5.69 Å². The van der Waals surface area contributed by atoms with Gasteiger partial charge in [-0.05, 0) is 70.2 Å². The van der Waals surface area contributed by atoms with Crippen LogP contribution < -0.4 is 10.6 Å². The van der Waals surface area contributed by atoms with Gasteiger partial charge >= 0.3 is 0 Å². The second-order valence-electron chi connectivity index (χ2n) is 9.57. The Morgan fingerprint density at radius 1 is 1.14 bits per heavy atom. The summed E-state index contributed by atoms with van der Waals surface area (Å²) in [6.45, 7) is 6.70. The summed E-state index contributed by atoms with van der Waals surface area (Å²) in [7, 11) is 0. The molecule has 10 nitrogen and oxygen atoms in total. The Balaban J connectivity index is 1.52. The molecule has 4 rings (SSSR count). The van der Waals surface area contributed by atoms with Gasteiger partial charge < -0.3 is 24.3 Å². The molecule has 37 heavy (non-hydrogen) atoms. The van der Waals surface area contributed by atoms with Gasteiger partial charge in [-0.2, -0.15) is 0 Å². The van der Waals surface area contributed by atoms with Crippen LogP contribution in [0.1, 0.15) is 51.2 Å². The zero-order valence-electron chi connectivity index (χ0n) is 21.8. The molecule has 2 aliphatic rings. The zero-order chi connectivity index (χ0) is 26.2. The predicted octanol–water partition coefficient (Wildman–Crippen LogP) is 3.06. The molecule has 0 unspecified atom stereocenters. The topological polar surface area (TPSA) is 116 Å². The van der Waals surface area contributed by atoms with Crippen molar-refractivity contribution in [1.29, 1.82) is 0 Å². The molecule has 0 spiro atoms. The lowest BCUT2D eigenvalue weighted by Crippen LogP contribution is -2.45. The Bertz CT molecular complexity index is 1140. The van der Waals surface area contributed by atoms with Crippen LogP contribution in [0, 0.1) is 6.92 Å². The number of furan rings is 1. The van der Waals surface area contributed by atoms with Gasteiger partial charge in [-0.1, -0.05) is 0 Å². The molecule has 2 saturated heterocycles. The number of aryl methyl sites for hydroxylation is 1. The zero-order valence-corrected chi connectivity index (χ0v) is 21.8. The largest absolute Gasteiger partial charge is 0.461 e. The third kappa shape index (κ3) is 7.31. The Labute approximate surface area is 217 Å². The number of guanidine groups is 1. The van der Waals surface area contributed by atoms with Crippen LogP contribution in [0.25, 0.3) is 11.0 Å². The van der Waals surface area contributed by atoms with Crippen molar-refractivity contribution in [2.45, 2.75) is 58.4 Å². The van der Waals surface area contributed by atoms with Crippen LogP contribution in [0.15, 0.2) is 33.7 Å². The van der Waals surface area contributed by atoms with Crippen molar-refractivity contribution in [2.24, 2.45) is 4.99 Å². The number of aliphatic imine (C=N–C) groups is 1. The molecule has 0 bridgehead atoms. The average molecular weight is 512 g/mol. The molecule has 3 heterocycles. The van der Waals surface area contributed by atoms with Crippen LogP contribution in [0.2, 0.25) is 0 Å². The first kappa shape index (κ1) is 26.7. The summed E-state index contributed by atoms with van der Waals surface area (Å²) < 4.78 is 11.0. The number of benzene rings is 1. The Morgan fingerprint density at radius 3 is 2.70 bits per heavy atom. The van der Waals surface area contributed by atoms with E-state index < -0.39 is 6.04 Å². The van der Waals surface area contributed by atoms with E-state index in [9.17, 15) is 14.4 Å². The quantitative estimate of drug-likeness (QED) is 0.320. The highest BCUT2D eigenvalue weighted by molar-refractivity contribution is 6.05. The van der Waals surface area contributed by atoms with E-state index in [0.717, 1.165) is 55.5 Å². The third-order valence-corrected chi connectivity index (χ3v) is 6.66. The number of carbonyl (C=O) groups excluding carboxylic acids is 3. The number of fused-ring (bicyclic) bond motifs is 1. The Morgan fingerprint density at radius 2 is 1.92 bits per heavy atom. The number of carbonyl (C=O) groups is 3. The minimum absolute atomic E-state index is 0.0123. The van der Waals surface area contributed by atoms with E-state index in [1.807, 2.05) is 43.0 Å². The van der Waals surface area contributed by atoms with Crippen molar-refractivity contribution in [3.63, 3.8) is 0 Å². The fraction of sp³-hybridized carbons (Fsp3) is 0.556. The number of hydrogen-bond acceptors (Lipinski definition) is 6. The first-order valence-electron chi connectivity index (χ1n) is 13.2. The summed E-state index contributed by atoms with van der Waals surface area (Å²) in [6.07, 6.45) is 4.35. The van der Waals surface area contributed by atoms with Gasteiger partial charge in [-0.3, -0.25) is 19.7 Å². The molecular weight excluding hydrogens is 474 g/mol. The molecule has 0 radical (unpaired) electrons. The van der Waals surface area contributed by atoms with E-state index in [0.29, 0.717) is 31.9 Å². The van der Waals surface area contributed by atoms with Crippen LogP contribution in [0.3, 0.4) is 0 Å². The molecule has 1 atom stereocenters. The van der Waals surface area contributed by atoms with Gasteiger partial charge in [-0.25, -0.2) is 4.99 Å². The molecule has 200 valence electrons. The summed E-state index contributed by atoms with van der Waals surface area (Å²) in [5, 5.41) is 6.92. The fourth-order valence-electron chi connectivity index (χ4n) is 4.74. The molecule has 2 aliphatic heterocycles. The normalized spacial score (nSPS) is 18.8. The number of amides is 3. The van der Waals surface area contributed by atoms with Gasteiger partial charge in [0.25, 0.3) is 0 Å². The van der Waals surface area contributed by atoms with Crippen LogP contribution in [0.5, 0.6) is 0 Å². The molecule has 10 heteroatoms. The number of nitrogens with one attached hydrogen (secondary N) is 2. The average Bonchev–Trinajstić information content (AvgIpc) is 3.50. The van der Waals surface area contributed by atoms with Crippen molar-refractivity contribution in [3.05, 3.63) is 30.0 Å². The summed E-state index contributed by atoms with van der Waals surface area (Å²) in [6, 6.07) is 6.83. The van der Waals surface area contributed by atoms with Gasteiger partial charge in [0.15, 0.2) is 0 Å². The molecule has 1 aromatic carbocycles. The lowest BCUT2D eigenvalue weighted by molar-refractivity contribution is -0.140. The van der Waals surface area contributed by atoms with Crippen molar-refractivity contribution in [2.75, 3.05) is 44.7 Å². The third-order valence-electron chi connectivity index (χ3n) is 6.66. The highest BCUT2D eigenvalue weighted by Gasteiger charge is 2.30. The van der Waals surface area contributed by atoms with Gasteiger partial charge in [0, 0.05) is 37.3 Å². The van der Waals surface area contributed by atoms with Crippen LogP contribution >= 0.6 is 0 Å². The van der Waals surface area contributed by atoms with E-state index in [2.05, 4.69) is 15.6 Å². The van der Waals surface area contributed by atoms with E-state index in [1.54, 1.807) is 4.90 Å². The number of rotatable bonds is 8. The number of nitrogens with zero attached hydrogens (tertiary/aromatic N) is 3. The summed E-state index contributed by atoms with van der Waals surface area (Å²) in [5.41, 5.74) is 1.47. The maximum absolute atomic E-state index is 13.4. The number of hydrogen-bond donors (Lipinski definition) is 2. The maximum atomic E-state index is 13.4. The Hall–Kier alpha value is -3.40. The molecule has 2 aromatic rings. The number of likely N-dealkylation sites (tertiary alicyclic amines) is 2. The van der Waals surface area contributed by atoms with Gasteiger partial charge in [0.2, 0.25) is 23.7 Å². The molecule has 2 N–H and O–H groups in total. The van der Waals surface area contributed by atoms with Gasteiger partial charge in [0.1, 0.15) is 17.4 Å². The highest BCUT2D eigenvalue weighted by atomic mass is 16.5. The van der Waals surface area contributed by atoms with E-state index >= 15 is 0 Å². The predicted molar refractivity (Wildman–Crippen MR) is 141 cm³/mol. The van der Waals surface area contributed by atoms with E-state index in [1.165, 1.54) is 0 Å². The van der Waals surface area contributed by atoms with Crippen molar-refractivity contribution in [1.82, 2.24) is 15.1 Å². The fourth-order valence-corrected chi connectivity index (χ4v) is 4.74. The standard InChI is InChI=1S/C27H37N5O5/c1-3-36-15-11-24(33)30-27(28-21-9-10-23-20(17-21)16-19(2)37-23)29-22-8-4-5-14-32(26(22)35)18-25(34)31-12-6-7-13-31/h9-10,16-17,22H,3-8,11-15,18H2,1-2H3,(H2,28,29,30,33)/t22-/m0/s1. The van der Waals surface area contributed by atoms with Gasteiger partial charge in [0.05, 0.1) is 19.6 Å². The number of anilines is 1. The second-order valence-corrected chi connectivity index (χ2v) is 9.57. The summed E-state index contributed by atoms with van der Waals surface area (Å²) >= 11 is 0. The maximum Gasteiger partial charge on any atom is 0.247 e. The summed E-state index contributed by atoms with van der Waals surface area (Å²) in [4.78, 5) is 46.9. The molecule has 0 aliphatic carbocycles. The smallest absolute Gasteiger partial charge is 0.247 e. The van der Waals surface area contributed by atoms with Crippen molar-refractivity contribution in [3.8, 4) is 0 Å². The van der Waals surface area contributed by atoms with Gasteiger partial charge in [-0.15, -0.1) is 0 Å². The first-order valence-corrected chi connectivity index (χ1v) is 13.2. The molecular formula is C27H37N5O5. The monoisotopic (exact) mass is 511 g/mol. The molecule has 2 fully saturated rings. The molecule has 1 aromatic heterocycles. The lowest BCUT2D eigenvalue weighted by atomic mass is 10.1. The van der Waals surface area contributed by atoms with Crippen molar-refractivity contribution >= 4 is 40.3 Å². The number of ether oxygens (including phenoxy) is 1. The van der Waals surface area contributed by atoms with Crippen LogP contribution in [-0.4, -0.2) is 78.9 Å². The first-order chi connectivity index (χ1) is 17.9. The van der Waals surface area contributed by atoms with Crippen LogP contribution in [-0.2, 0) is 19.1 Å². The second kappa shape index (κ2) is 12.7. The van der Waals surface area contributed by atoms with E-state index in [-0.39, 0.29) is 36.6 Å². The molecule has 3 amide bonds. The van der Waals surface area contributed by atoms with Crippen molar-refractivity contribution < 1.29 is 23.5 Å². The Kier molecular flexibility index (Phi) is 9.16. The minimum Gasteiger partial charge on any atom is -0.461 e.